The highest BCUT2D eigenvalue weighted by atomic mass is 32.2. The summed E-state index contributed by atoms with van der Waals surface area (Å²) in [5.74, 6) is 0.0300. The van der Waals surface area contributed by atoms with Gasteiger partial charge in [0.05, 0.1) is 4.91 Å². The maximum atomic E-state index is 13.6. The van der Waals surface area contributed by atoms with Crippen molar-refractivity contribution in [3.63, 3.8) is 0 Å². The highest BCUT2D eigenvalue weighted by molar-refractivity contribution is 8.04. The third-order valence-corrected chi connectivity index (χ3v) is 7.93. The molecule has 1 saturated carbocycles. The average Bonchev–Trinajstić information content (AvgIpc) is 2.85. The minimum atomic E-state index is -0.0900. The normalized spacial score (nSPS) is 21.4. The predicted octanol–water partition coefficient (Wildman–Crippen LogP) is 5.19. The lowest BCUT2D eigenvalue weighted by Gasteiger charge is -2.44. The molecule has 1 N–H and O–H groups in total. The van der Waals surface area contributed by atoms with Crippen LogP contribution in [0.4, 0.5) is 0 Å². The Kier molecular flexibility index (Phi) is 8.46. The van der Waals surface area contributed by atoms with Crippen molar-refractivity contribution < 1.29 is 14.3 Å². The number of hydrogen-bond acceptors (Lipinski definition) is 4. The predicted molar refractivity (Wildman–Crippen MR) is 139 cm³/mol. The number of aryl methyl sites for hydroxylation is 1. The monoisotopic (exact) mass is 478 g/mol. The second-order valence-electron chi connectivity index (χ2n) is 9.16. The van der Waals surface area contributed by atoms with Crippen molar-refractivity contribution in [1.29, 1.82) is 0 Å². The average molecular weight is 479 g/mol. The fourth-order valence-corrected chi connectivity index (χ4v) is 6.24. The van der Waals surface area contributed by atoms with E-state index in [0.717, 1.165) is 29.7 Å². The van der Waals surface area contributed by atoms with Crippen molar-refractivity contribution in [1.82, 2.24) is 10.2 Å². The smallest absolute Gasteiger partial charge is 0.260 e. The molecule has 2 aromatic carbocycles. The minimum Gasteiger partial charge on any atom is -0.385 e. The van der Waals surface area contributed by atoms with E-state index in [9.17, 15) is 9.59 Å². The van der Waals surface area contributed by atoms with Gasteiger partial charge in [-0.2, -0.15) is 0 Å². The molecule has 34 heavy (non-hydrogen) atoms. The number of methoxy groups -OCH3 is 1. The number of benzene rings is 2. The number of rotatable bonds is 8. The van der Waals surface area contributed by atoms with Crippen molar-refractivity contribution in [3.05, 3.63) is 75.7 Å². The zero-order chi connectivity index (χ0) is 23.9. The second kappa shape index (κ2) is 11.7. The summed E-state index contributed by atoms with van der Waals surface area (Å²) in [4.78, 5) is 28.8. The molecule has 0 bridgehead atoms. The topological polar surface area (TPSA) is 58.6 Å². The molecule has 1 saturated heterocycles. The van der Waals surface area contributed by atoms with Gasteiger partial charge in [-0.05, 0) is 55.5 Å². The Bertz CT molecular complexity index is 1030. The molecule has 2 aliphatic rings. The van der Waals surface area contributed by atoms with Gasteiger partial charge in [0.2, 0.25) is 0 Å². The molecule has 2 aromatic rings. The van der Waals surface area contributed by atoms with E-state index in [-0.39, 0.29) is 11.8 Å². The van der Waals surface area contributed by atoms with Crippen LogP contribution in [0.25, 0.3) is 6.08 Å². The van der Waals surface area contributed by atoms with Gasteiger partial charge >= 0.3 is 0 Å². The Morgan fingerprint density at radius 2 is 1.97 bits per heavy atom. The summed E-state index contributed by atoms with van der Waals surface area (Å²) in [5, 5.41) is 3.35. The van der Waals surface area contributed by atoms with Gasteiger partial charge < -0.3 is 15.0 Å². The van der Waals surface area contributed by atoms with Crippen LogP contribution in [0.5, 0.6) is 0 Å². The molecule has 5 nitrogen and oxygen atoms in total. The van der Waals surface area contributed by atoms with Crippen molar-refractivity contribution in [2.24, 2.45) is 0 Å². The number of hydrogen-bond donors (Lipinski definition) is 1. The molecule has 180 valence electrons. The van der Waals surface area contributed by atoms with Gasteiger partial charge in [0.25, 0.3) is 11.8 Å². The Balaban J connectivity index is 1.49. The summed E-state index contributed by atoms with van der Waals surface area (Å²) in [7, 11) is 1.65. The van der Waals surface area contributed by atoms with E-state index in [2.05, 4.69) is 41.4 Å². The first-order valence-corrected chi connectivity index (χ1v) is 13.0. The van der Waals surface area contributed by atoms with Crippen LogP contribution in [0.3, 0.4) is 0 Å². The van der Waals surface area contributed by atoms with Gasteiger partial charge in [0, 0.05) is 43.7 Å². The quantitative estimate of drug-likeness (QED) is 0.419. The highest BCUT2D eigenvalue weighted by Crippen LogP contribution is 2.42. The number of amides is 2. The number of fused-ring (bicyclic) bond motifs is 1. The summed E-state index contributed by atoms with van der Waals surface area (Å²) in [6.45, 7) is 3.96. The SMILES string of the molecule is COCCCNC(=O)c1ccc(/C=C2/SC3CCCCC3N(Cc3cccc(C)c3)C2=O)cc1. The van der Waals surface area contributed by atoms with Crippen LogP contribution < -0.4 is 5.32 Å². The molecule has 2 atom stereocenters. The largest absolute Gasteiger partial charge is 0.385 e. The lowest BCUT2D eigenvalue weighted by molar-refractivity contribution is -0.130. The second-order valence-corrected chi connectivity index (χ2v) is 10.4. The zero-order valence-corrected chi connectivity index (χ0v) is 20.9. The lowest BCUT2D eigenvalue weighted by atomic mass is 9.92. The molecule has 4 rings (SSSR count). The number of nitrogens with zero attached hydrogens (tertiary/aromatic N) is 1. The third-order valence-electron chi connectivity index (χ3n) is 6.53. The van der Waals surface area contributed by atoms with E-state index in [1.807, 2.05) is 30.3 Å². The van der Waals surface area contributed by atoms with Gasteiger partial charge in [-0.15, -0.1) is 11.8 Å². The summed E-state index contributed by atoms with van der Waals surface area (Å²) in [5.41, 5.74) is 3.96. The first-order chi connectivity index (χ1) is 16.5. The first kappa shape index (κ1) is 24.6. The van der Waals surface area contributed by atoms with Crippen molar-refractivity contribution >= 4 is 29.7 Å². The summed E-state index contributed by atoms with van der Waals surface area (Å²) >= 11 is 1.74. The Hall–Kier alpha value is -2.57. The van der Waals surface area contributed by atoms with Crippen LogP contribution in [-0.2, 0) is 16.1 Å². The molecule has 0 aromatic heterocycles. The fraction of sp³-hybridized carbons (Fsp3) is 0.429. The van der Waals surface area contributed by atoms with Gasteiger partial charge in [-0.1, -0.05) is 54.8 Å². The number of carbonyl (C=O) groups excluding carboxylic acids is 2. The highest BCUT2D eigenvalue weighted by Gasteiger charge is 2.40. The van der Waals surface area contributed by atoms with E-state index in [4.69, 9.17) is 4.74 Å². The zero-order valence-electron chi connectivity index (χ0n) is 20.1. The van der Waals surface area contributed by atoms with E-state index in [0.29, 0.717) is 36.6 Å². The molecular formula is C28H34N2O3S. The Morgan fingerprint density at radius 1 is 1.18 bits per heavy atom. The fourth-order valence-electron chi connectivity index (χ4n) is 4.77. The summed E-state index contributed by atoms with van der Waals surface area (Å²) in [6.07, 6.45) is 7.41. The number of carbonyl (C=O) groups is 2. The maximum absolute atomic E-state index is 13.6. The van der Waals surface area contributed by atoms with Crippen LogP contribution in [0, 0.1) is 6.92 Å². The van der Waals surface area contributed by atoms with Gasteiger partial charge in [0.15, 0.2) is 0 Å². The first-order valence-electron chi connectivity index (χ1n) is 12.2. The molecular weight excluding hydrogens is 444 g/mol. The summed E-state index contributed by atoms with van der Waals surface area (Å²) < 4.78 is 5.01. The van der Waals surface area contributed by atoms with Crippen molar-refractivity contribution in [3.8, 4) is 0 Å². The standard InChI is InChI=1S/C28H34N2O3S/c1-20-7-5-8-22(17-20)19-30-24-9-3-4-10-25(24)34-26(28(30)32)18-21-11-13-23(14-12-21)27(31)29-15-6-16-33-2/h5,7-8,11-14,17-18,24-25H,3-4,6,9-10,15-16,19H2,1-2H3,(H,29,31)/b26-18+. The lowest BCUT2D eigenvalue weighted by Crippen LogP contribution is -2.50. The number of thioether (sulfide) groups is 1. The van der Waals surface area contributed by atoms with E-state index in [1.54, 1.807) is 18.9 Å². The number of nitrogens with one attached hydrogen (secondary N) is 1. The molecule has 1 aliphatic carbocycles. The molecule has 0 spiro atoms. The number of ether oxygens (including phenoxy) is 1. The molecule has 2 unspecified atom stereocenters. The molecule has 2 amide bonds. The van der Waals surface area contributed by atoms with Gasteiger partial charge in [-0.3, -0.25) is 9.59 Å². The Labute approximate surface area is 206 Å². The van der Waals surface area contributed by atoms with Gasteiger partial charge in [-0.25, -0.2) is 0 Å². The molecule has 2 fully saturated rings. The maximum Gasteiger partial charge on any atom is 0.260 e. The molecule has 0 radical (unpaired) electrons. The van der Waals surface area contributed by atoms with E-state index >= 15 is 0 Å². The van der Waals surface area contributed by atoms with Crippen LogP contribution >= 0.6 is 11.8 Å². The molecule has 6 heteroatoms. The van der Waals surface area contributed by atoms with Crippen molar-refractivity contribution in [2.45, 2.75) is 56.9 Å². The molecule has 1 aliphatic heterocycles. The van der Waals surface area contributed by atoms with Crippen LogP contribution in [0.2, 0.25) is 0 Å². The van der Waals surface area contributed by atoms with Crippen LogP contribution in [0.15, 0.2) is 53.4 Å². The summed E-state index contributed by atoms with van der Waals surface area (Å²) in [6, 6.07) is 16.2. The van der Waals surface area contributed by atoms with E-state index in [1.165, 1.54) is 24.0 Å². The van der Waals surface area contributed by atoms with E-state index < -0.39 is 0 Å². The Morgan fingerprint density at radius 3 is 2.74 bits per heavy atom. The van der Waals surface area contributed by atoms with Gasteiger partial charge in [0.1, 0.15) is 0 Å². The van der Waals surface area contributed by atoms with Crippen LogP contribution in [-0.4, -0.2) is 48.3 Å². The minimum absolute atomic E-state index is 0.0900. The third kappa shape index (κ3) is 6.10. The van der Waals surface area contributed by atoms with Crippen LogP contribution in [0.1, 0.15) is 59.2 Å². The van der Waals surface area contributed by atoms with Crippen molar-refractivity contribution in [2.75, 3.05) is 20.3 Å². The molecule has 1 heterocycles.